The van der Waals surface area contributed by atoms with Crippen molar-refractivity contribution in [3.63, 3.8) is 0 Å². The lowest BCUT2D eigenvalue weighted by Crippen LogP contribution is -2.27. The van der Waals surface area contributed by atoms with E-state index in [1.807, 2.05) is 0 Å². The number of nitrogens with zero attached hydrogens (tertiary/aromatic N) is 1. The quantitative estimate of drug-likeness (QED) is 0.795. The van der Waals surface area contributed by atoms with Gasteiger partial charge in [0.15, 0.2) is 0 Å². The molecule has 0 bridgehead atoms. The zero-order valence-electron chi connectivity index (χ0n) is 12.5. The number of hydrogen-bond donors (Lipinski definition) is 2. The summed E-state index contributed by atoms with van der Waals surface area (Å²) >= 11 is 5.80. The fourth-order valence-corrected chi connectivity index (χ4v) is 1.92. The van der Waals surface area contributed by atoms with Crippen molar-refractivity contribution in [3.8, 4) is 0 Å². The second-order valence-corrected chi connectivity index (χ2v) is 5.11. The van der Waals surface area contributed by atoms with Gasteiger partial charge in [0.1, 0.15) is 0 Å². The molecule has 2 amide bonds. The van der Waals surface area contributed by atoms with E-state index in [4.69, 9.17) is 16.3 Å². The van der Waals surface area contributed by atoms with Crippen molar-refractivity contribution in [3.05, 3.63) is 58.9 Å². The second-order valence-electron chi connectivity index (χ2n) is 4.67. The summed E-state index contributed by atoms with van der Waals surface area (Å²) in [6.07, 6.45) is 2.80. The molecule has 0 unspecified atom stereocenters. The highest BCUT2D eigenvalue weighted by molar-refractivity contribution is 6.30. The fraction of sp³-hybridized carbons (Fsp3) is 0.188. The first-order valence-corrected chi connectivity index (χ1v) is 7.27. The number of amides is 2. The Kier molecular flexibility index (Phi) is 6.08. The molecule has 1 aromatic carbocycles. The molecule has 0 saturated heterocycles. The number of nitrogens with one attached hydrogen (secondary N) is 2. The summed E-state index contributed by atoms with van der Waals surface area (Å²) in [4.78, 5) is 28.1. The van der Waals surface area contributed by atoms with Crippen molar-refractivity contribution < 1.29 is 14.3 Å². The van der Waals surface area contributed by atoms with E-state index in [-0.39, 0.29) is 11.8 Å². The summed E-state index contributed by atoms with van der Waals surface area (Å²) in [6.45, 7) is 0.798. The van der Waals surface area contributed by atoms with Gasteiger partial charge in [-0.05, 0) is 30.3 Å². The van der Waals surface area contributed by atoms with Gasteiger partial charge in [-0.1, -0.05) is 11.6 Å². The van der Waals surface area contributed by atoms with Crippen LogP contribution in [0.3, 0.4) is 0 Å². The summed E-state index contributed by atoms with van der Waals surface area (Å²) in [7, 11) is 1.55. The summed E-state index contributed by atoms with van der Waals surface area (Å²) in [5, 5.41) is 5.97. The normalized spacial score (nSPS) is 10.2. The minimum atomic E-state index is -0.355. The lowest BCUT2D eigenvalue weighted by Gasteiger charge is -2.07. The number of rotatable bonds is 6. The standard InChI is InChI=1S/C16H16ClN3O3/c1-23-7-6-19-15(21)11-8-12(10-18-9-11)16(22)20-14-4-2-13(17)3-5-14/h2-5,8-10H,6-7H2,1H3,(H,19,21)(H,20,22). The van der Waals surface area contributed by atoms with Gasteiger partial charge in [0.2, 0.25) is 0 Å². The number of halogens is 1. The summed E-state index contributed by atoms with van der Waals surface area (Å²) in [6, 6.07) is 8.22. The highest BCUT2D eigenvalue weighted by Crippen LogP contribution is 2.14. The van der Waals surface area contributed by atoms with E-state index in [9.17, 15) is 9.59 Å². The first-order valence-electron chi connectivity index (χ1n) is 6.89. The Morgan fingerprint density at radius 3 is 2.43 bits per heavy atom. The molecule has 7 heteroatoms. The van der Waals surface area contributed by atoms with Gasteiger partial charge in [0.25, 0.3) is 11.8 Å². The molecule has 0 aliphatic carbocycles. The van der Waals surface area contributed by atoms with Crippen LogP contribution in [-0.4, -0.2) is 37.1 Å². The van der Waals surface area contributed by atoms with E-state index in [0.29, 0.717) is 35.0 Å². The Labute approximate surface area is 138 Å². The van der Waals surface area contributed by atoms with E-state index < -0.39 is 0 Å². The average Bonchev–Trinajstić information content (AvgIpc) is 2.57. The van der Waals surface area contributed by atoms with Crippen molar-refractivity contribution in [2.24, 2.45) is 0 Å². The lowest BCUT2D eigenvalue weighted by atomic mass is 10.2. The van der Waals surface area contributed by atoms with Gasteiger partial charge >= 0.3 is 0 Å². The minimum absolute atomic E-state index is 0.291. The van der Waals surface area contributed by atoms with Gasteiger partial charge < -0.3 is 15.4 Å². The molecule has 0 fully saturated rings. The number of carbonyl (C=O) groups is 2. The van der Waals surface area contributed by atoms with Gasteiger partial charge in [0.05, 0.1) is 17.7 Å². The van der Waals surface area contributed by atoms with Crippen molar-refractivity contribution in [2.75, 3.05) is 25.6 Å². The van der Waals surface area contributed by atoms with Crippen LogP contribution in [0.2, 0.25) is 5.02 Å². The number of carbonyl (C=O) groups excluding carboxylic acids is 2. The summed E-state index contributed by atoms with van der Waals surface area (Å²) < 4.78 is 4.86. The average molecular weight is 334 g/mol. The van der Waals surface area contributed by atoms with Crippen molar-refractivity contribution in [2.45, 2.75) is 0 Å². The Hall–Kier alpha value is -2.44. The molecule has 2 rings (SSSR count). The van der Waals surface area contributed by atoms with E-state index in [1.54, 1.807) is 31.4 Å². The Bertz CT molecular complexity index is 689. The van der Waals surface area contributed by atoms with Crippen LogP contribution in [0.4, 0.5) is 5.69 Å². The highest BCUT2D eigenvalue weighted by Gasteiger charge is 2.11. The zero-order chi connectivity index (χ0) is 16.7. The van der Waals surface area contributed by atoms with E-state index in [1.165, 1.54) is 18.5 Å². The predicted octanol–water partition coefficient (Wildman–Crippen LogP) is 2.36. The van der Waals surface area contributed by atoms with Crippen LogP contribution in [0.15, 0.2) is 42.7 Å². The minimum Gasteiger partial charge on any atom is -0.383 e. The van der Waals surface area contributed by atoms with E-state index >= 15 is 0 Å². The molecule has 0 radical (unpaired) electrons. The fourth-order valence-electron chi connectivity index (χ4n) is 1.79. The van der Waals surface area contributed by atoms with Crippen LogP contribution in [0.25, 0.3) is 0 Å². The molecule has 1 aromatic heterocycles. The van der Waals surface area contributed by atoms with Gasteiger partial charge in [-0.15, -0.1) is 0 Å². The third-order valence-corrected chi connectivity index (χ3v) is 3.21. The van der Waals surface area contributed by atoms with Crippen molar-refractivity contribution in [1.82, 2.24) is 10.3 Å². The molecule has 0 spiro atoms. The molecular weight excluding hydrogens is 318 g/mol. The number of methoxy groups -OCH3 is 1. The largest absolute Gasteiger partial charge is 0.383 e. The van der Waals surface area contributed by atoms with Crippen LogP contribution in [0.5, 0.6) is 0 Å². The molecular formula is C16H16ClN3O3. The smallest absolute Gasteiger partial charge is 0.257 e. The Balaban J connectivity index is 2.04. The van der Waals surface area contributed by atoms with Gasteiger partial charge in [-0.2, -0.15) is 0 Å². The number of pyridine rings is 1. The maximum atomic E-state index is 12.2. The topological polar surface area (TPSA) is 80.3 Å². The molecule has 23 heavy (non-hydrogen) atoms. The predicted molar refractivity (Wildman–Crippen MR) is 87.9 cm³/mol. The van der Waals surface area contributed by atoms with Crippen LogP contribution in [-0.2, 0) is 4.74 Å². The Morgan fingerprint density at radius 2 is 1.78 bits per heavy atom. The summed E-state index contributed by atoms with van der Waals surface area (Å²) in [5.41, 5.74) is 1.21. The third-order valence-electron chi connectivity index (χ3n) is 2.96. The van der Waals surface area contributed by atoms with Gasteiger partial charge in [0, 0.05) is 36.8 Å². The SMILES string of the molecule is COCCNC(=O)c1cncc(C(=O)Nc2ccc(Cl)cc2)c1. The van der Waals surface area contributed by atoms with Crippen LogP contribution in [0.1, 0.15) is 20.7 Å². The summed E-state index contributed by atoms with van der Waals surface area (Å²) in [5.74, 6) is -0.665. The first-order chi connectivity index (χ1) is 11.1. The Morgan fingerprint density at radius 1 is 1.13 bits per heavy atom. The van der Waals surface area contributed by atoms with Crippen LogP contribution >= 0.6 is 11.6 Å². The lowest BCUT2D eigenvalue weighted by molar-refractivity contribution is 0.0936. The highest BCUT2D eigenvalue weighted by atomic mass is 35.5. The molecule has 2 N–H and O–H groups in total. The third kappa shape index (κ3) is 5.05. The first kappa shape index (κ1) is 16.9. The number of ether oxygens (including phenoxy) is 1. The number of anilines is 1. The maximum Gasteiger partial charge on any atom is 0.257 e. The van der Waals surface area contributed by atoms with Crippen molar-refractivity contribution in [1.29, 1.82) is 0 Å². The van der Waals surface area contributed by atoms with Gasteiger partial charge in [-0.25, -0.2) is 0 Å². The molecule has 0 atom stereocenters. The molecule has 0 aliphatic heterocycles. The van der Waals surface area contributed by atoms with E-state index in [0.717, 1.165) is 0 Å². The van der Waals surface area contributed by atoms with Gasteiger partial charge in [-0.3, -0.25) is 14.6 Å². The van der Waals surface area contributed by atoms with Crippen LogP contribution in [0, 0.1) is 0 Å². The van der Waals surface area contributed by atoms with Crippen LogP contribution < -0.4 is 10.6 Å². The molecule has 0 saturated carbocycles. The number of benzene rings is 1. The molecule has 2 aromatic rings. The monoisotopic (exact) mass is 333 g/mol. The maximum absolute atomic E-state index is 12.2. The molecule has 120 valence electrons. The molecule has 0 aliphatic rings. The molecule has 1 heterocycles. The number of hydrogen-bond acceptors (Lipinski definition) is 4. The second kappa shape index (κ2) is 8.26. The van der Waals surface area contributed by atoms with Crippen molar-refractivity contribution >= 4 is 29.1 Å². The molecule has 6 nitrogen and oxygen atoms in total. The number of aromatic nitrogens is 1. The van der Waals surface area contributed by atoms with E-state index in [2.05, 4.69) is 15.6 Å². The zero-order valence-corrected chi connectivity index (χ0v) is 13.3.